The monoisotopic (exact) mass is 458 g/mol. The molecule has 1 N–H and O–H groups in total. The van der Waals surface area contributed by atoms with Gasteiger partial charge in [0.2, 0.25) is 0 Å². The molecule has 1 unspecified atom stereocenters. The van der Waals surface area contributed by atoms with Crippen LogP contribution in [0.2, 0.25) is 0 Å². The highest BCUT2D eigenvalue weighted by Crippen LogP contribution is 2.37. The third kappa shape index (κ3) is 5.24. The molecule has 2 aliphatic rings. The van der Waals surface area contributed by atoms with Gasteiger partial charge in [-0.05, 0) is 41.3 Å². The predicted octanol–water partition coefficient (Wildman–Crippen LogP) is 4.69. The van der Waals surface area contributed by atoms with Crippen molar-refractivity contribution in [3.8, 4) is 11.5 Å². The first kappa shape index (κ1) is 21.6. The Hall–Kier alpha value is -3.22. The van der Waals surface area contributed by atoms with Crippen LogP contribution in [0.1, 0.15) is 16.7 Å². The maximum atomic E-state index is 13.4. The number of thioether (sulfide) groups is 1. The minimum absolute atomic E-state index is 0.0522. The Kier molecular flexibility index (Phi) is 6.65. The van der Waals surface area contributed by atoms with Gasteiger partial charge in [0.25, 0.3) is 5.91 Å². The van der Waals surface area contributed by atoms with E-state index in [9.17, 15) is 4.79 Å². The highest BCUT2D eigenvalue weighted by atomic mass is 32.2. The van der Waals surface area contributed by atoms with E-state index < -0.39 is 0 Å². The van der Waals surface area contributed by atoms with Gasteiger partial charge in [0.05, 0.1) is 4.91 Å². The number of amides is 1. The van der Waals surface area contributed by atoms with Gasteiger partial charge in [-0.1, -0.05) is 78.5 Å². The lowest BCUT2D eigenvalue weighted by molar-refractivity contribution is -0.126. The van der Waals surface area contributed by atoms with Gasteiger partial charge in [-0.2, -0.15) is 0 Å². The normalized spacial score (nSPS) is 18.7. The van der Waals surface area contributed by atoms with E-state index in [1.54, 1.807) is 11.8 Å². The smallest absolute Gasteiger partial charge is 0.262 e. The van der Waals surface area contributed by atoms with Crippen LogP contribution in [-0.4, -0.2) is 36.1 Å². The Balaban J connectivity index is 1.35. The van der Waals surface area contributed by atoms with E-state index in [1.165, 1.54) is 11.1 Å². The lowest BCUT2D eigenvalue weighted by Crippen LogP contribution is -2.42. The van der Waals surface area contributed by atoms with E-state index in [1.807, 2.05) is 65.6 Å². The Morgan fingerprint density at radius 1 is 0.909 bits per heavy atom. The first-order chi connectivity index (χ1) is 16.3. The van der Waals surface area contributed by atoms with Crippen molar-refractivity contribution in [3.63, 3.8) is 0 Å². The third-order valence-electron chi connectivity index (χ3n) is 5.67. The number of benzene rings is 3. The molecule has 0 spiro atoms. The molecular formula is C27H26N2O3S. The molecule has 1 atom stereocenters. The Morgan fingerprint density at radius 3 is 2.36 bits per heavy atom. The second-order valence-electron chi connectivity index (χ2n) is 7.98. The summed E-state index contributed by atoms with van der Waals surface area (Å²) < 4.78 is 11.3. The number of carbonyl (C=O) groups excluding carboxylic acids is 1. The number of nitrogens with one attached hydrogen (secondary N) is 1. The van der Waals surface area contributed by atoms with Crippen LogP contribution in [-0.2, 0) is 17.8 Å². The molecule has 2 heterocycles. The molecule has 5 nitrogen and oxygen atoms in total. The zero-order chi connectivity index (χ0) is 22.5. The third-order valence-corrected chi connectivity index (χ3v) is 6.86. The number of hydrogen-bond donors (Lipinski definition) is 1. The van der Waals surface area contributed by atoms with Crippen molar-refractivity contribution in [1.29, 1.82) is 0 Å². The number of rotatable bonds is 7. The van der Waals surface area contributed by atoms with E-state index in [0.29, 0.717) is 26.3 Å². The van der Waals surface area contributed by atoms with Crippen LogP contribution in [0, 0.1) is 0 Å². The lowest BCUT2D eigenvalue weighted by atomic mass is 10.1. The van der Waals surface area contributed by atoms with Crippen LogP contribution in [0.4, 0.5) is 0 Å². The van der Waals surface area contributed by atoms with E-state index in [2.05, 4.69) is 29.6 Å². The van der Waals surface area contributed by atoms with Gasteiger partial charge in [-0.3, -0.25) is 10.1 Å². The van der Waals surface area contributed by atoms with Crippen LogP contribution in [0.5, 0.6) is 11.5 Å². The summed E-state index contributed by atoms with van der Waals surface area (Å²) in [5.74, 6) is 1.53. The van der Waals surface area contributed by atoms with Gasteiger partial charge in [-0.25, -0.2) is 0 Å². The second-order valence-corrected chi connectivity index (χ2v) is 9.10. The van der Waals surface area contributed by atoms with Crippen molar-refractivity contribution >= 4 is 23.7 Å². The zero-order valence-electron chi connectivity index (χ0n) is 18.3. The van der Waals surface area contributed by atoms with Crippen molar-refractivity contribution in [2.75, 3.05) is 19.8 Å². The molecule has 0 saturated carbocycles. The average molecular weight is 459 g/mol. The van der Waals surface area contributed by atoms with Crippen LogP contribution in [0.15, 0.2) is 83.8 Å². The topological polar surface area (TPSA) is 50.8 Å². The van der Waals surface area contributed by atoms with Crippen LogP contribution in [0.3, 0.4) is 0 Å². The molecule has 2 aliphatic heterocycles. The van der Waals surface area contributed by atoms with Gasteiger partial charge < -0.3 is 14.4 Å². The van der Waals surface area contributed by atoms with E-state index in [-0.39, 0.29) is 11.4 Å². The molecule has 33 heavy (non-hydrogen) atoms. The zero-order valence-corrected chi connectivity index (χ0v) is 19.1. The molecule has 6 heteroatoms. The summed E-state index contributed by atoms with van der Waals surface area (Å²) in [6.45, 7) is 2.46. The molecule has 1 fully saturated rings. The fourth-order valence-corrected chi connectivity index (χ4v) is 5.10. The average Bonchev–Trinajstić information content (AvgIpc) is 3.16. The lowest BCUT2D eigenvalue weighted by Gasteiger charge is -2.24. The summed E-state index contributed by atoms with van der Waals surface area (Å²) in [6.07, 6.45) is 2.76. The molecule has 1 amide bonds. The van der Waals surface area contributed by atoms with Crippen LogP contribution in [0.25, 0.3) is 6.08 Å². The summed E-state index contributed by atoms with van der Waals surface area (Å²) in [5, 5.41) is 3.56. The molecule has 0 aromatic heterocycles. The summed E-state index contributed by atoms with van der Waals surface area (Å²) in [6, 6.07) is 26.4. The van der Waals surface area contributed by atoms with Gasteiger partial charge in [-0.15, -0.1) is 0 Å². The number of ether oxygens (including phenoxy) is 2. The second kappa shape index (κ2) is 10.1. The Bertz CT molecular complexity index is 1130. The number of fused-ring (bicyclic) bond motifs is 1. The molecule has 3 aromatic rings. The van der Waals surface area contributed by atoms with Crippen molar-refractivity contribution < 1.29 is 14.3 Å². The molecular weight excluding hydrogens is 432 g/mol. The maximum Gasteiger partial charge on any atom is 0.262 e. The first-order valence-corrected chi connectivity index (χ1v) is 12.0. The van der Waals surface area contributed by atoms with Crippen molar-refractivity contribution in [2.24, 2.45) is 0 Å². The van der Waals surface area contributed by atoms with Crippen molar-refractivity contribution in [3.05, 3.63) is 100 Å². The van der Waals surface area contributed by atoms with Gasteiger partial charge >= 0.3 is 0 Å². The minimum atomic E-state index is -0.120. The molecule has 168 valence electrons. The largest absolute Gasteiger partial charge is 0.486 e. The summed E-state index contributed by atoms with van der Waals surface area (Å²) in [4.78, 5) is 16.0. The van der Waals surface area contributed by atoms with Crippen LogP contribution < -0.4 is 14.8 Å². The SMILES string of the molecule is O=C1/C(=C/c2ccc3c(c2)OCCO3)SC(NCc2ccccc2)N1CCc1ccccc1. The summed E-state index contributed by atoms with van der Waals surface area (Å²) in [7, 11) is 0. The number of hydrogen-bond acceptors (Lipinski definition) is 5. The molecule has 5 rings (SSSR count). The maximum absolute atomic E-state index is 13.4. The van der Waals surface area contributed by atoms with Gasteiger partial charge in [0.1, 0.15) is 18.7 Å². The standard InChI is InChI=1S/C27H26N2O3S/c30-26-25(18-22-11-12-23-24(17-22)32-16-15-31-23)33-27(28-19-21-9-5-2-6-10-21)29(26)14-13-20-7-3-1-4-8-20/h1-12,17-18,27-28H,13-16,19H2/b25-18-. The Morgan fingerprint density at radius 2 is 1.61 bits per heavy atom. The van der Waals surface area contributed by atoms with E-state index in [4.69, 9.17) is 9.47 Å². The highest BCUT2D eigenvalue weighted by Gasteiger charge is 2.35. The quantitative estimate of drug-likeness (QED) is 0.521. The number of nitrogens with zero attached hydrogens (tertiary/aromatic N) is 1. The van der Waals surface area contributed by atoms with E-state index in [0.717, 1.165) is 28.4 Å². The molecule has 0 aliphatic carbocycles. The minimum Gasteiger partial charge on any atom is -0.486 e. The van der Waals surface area contributed by atoms with E-state index >= 15 is 0 Å². The van der Waals surface area contributed by atoms with Crippen molar-refractivity contribution in [1.82, 2.24) is 10.2 Å². The van der Waals surface area contributed by atoms with Crippen LogP contribution >= 0.6 is 11.8 Å². The Labute approximate surface area is 198 Å². The van der Waals surface area contributed by atoms with Gasteiger partial charge in [0, 0.05) is 13.1 Å². The summed E-state index contributed by atoms with van der Waals surface area (Å²) >= 11 is 1.57. The van der Waals surface area contributed by atoms with Gasteiger partial charge in [0.15, 0.2) is 11.5 Å². The molecule has 3 aromatic carbocycles. The predicted molar refractivity (Wildman–Crippen MR) is 132 cm³/mol. The molecule has 0 radical (unpaired) electrons. The summed E-state index contributed by atoms with van der Waals surface area (Å²) in [5.41, 5.74) is 3.23. The fourth-order valence-electron chi connectivity index (χ4n) is 3.95. The fraction of sp³-hybridized carbons (Fsp3) is 0.222. The van der Waals surface area contributed by atoms with Crippen molar-refractivity contribution in [2.45, 2.75) is 18.5 Å². The number of carbonyl (C=O) groups is 1. The first-order valence-electron chi connectivity index (χ1n) is 11.2. The molecule has 0 bridgehead atoms. The highest BCUT2D eigenvalue weighted by molar-refractivity contribution is 8.05. The molecule has 1 saturated heterocycles.